The first-order chi connectivity index (χ1) is 15.0. The van der Waals surface area contributed by atoms with Crippen molar-refractivity contribution in [3.63, 3.8) is 0 Å². The van der Waals surface area contributed by atoms with Crippen molar-refractivity contribution >= 4 is 54.2 Å². The molecule has 0 bridgehead atoms. The molecule has 4 rings (SSSR count). The number of fused-ring (bicyclic) bond motifs is 2. The van der Waals surface area contributed by atoms with Gasteiger partial charge in [0.2, 0.25) is 0 Å². The van der Waals surface area contributed by atoms with Crippen LogP contribution in [0.2, 0.25) is 0 Å². The predicted octanol–water partition coefficient (Wildman–Crippen LogP) is 0.0421. The van der Waals surface area contributed by atoms with Crippen molar-refractivity contribution in [2.75, 3.05) is 0 Å². The monoisotopic (exact) mass is 570 g/mol. The van der Waals surface area contributed by atoms with E-state index in [0.29, 0.717) is 33.6 Å². The highest BCUT2D eigenvalue weighted by atomic mass is 79.9. The molecule has 4 aromatic rings. The molecule has 14 heteroatoms. The predicted molar refractivity (Wildman–Crippen MR) is 125 cm³/mol. The molecule has 0 unspecified atom stereocenters. The number of rotatable bonds is 4. The minimum atomic E-state index is -0.456. The van der Waals surface area contributed by atoms with Gasteiger partial charge in [-0.05, 0) is 37.8 Å². The maximum atomic E-state index is 12.8. The van der Waals surface area contributed by atoms with E-state index in [1.807, 2.05) is 6.92 Å². The summed E-state index contributed by atoms with van der Waals surface area (Å²) in [5.41, 5.74) is -0.600. The fraction of sp³-hybridized carbons (Fsp3) is 0.444. The number of hydrogen-bond donors (Lipinski definition) is 0. The summed E-state index contributed by atoms with van der Waals surface area (Å²) < 4.78 is 9.00. The largest absolute Gasteiger partial charge is 0.332 e. The van der Waals surface area contributed by atoms with Gasteiger partial charge in [-0.3, -0.25) is 27.9 Å². The van der Waals surface area contributed by atoms with Gasteiger partial charge in [0.25, 0.3) is 11.1 Å². The maximum absolute atomic E-state index is 12.8. The van der Waals surface area contributed by atoms with Crippen molar-refractivity contribution < 1.29 is 0 Å². The normalized spacial score (nSPS) is 12.0. The van der Waals surface area contributed by atoms with E-state index >= 15 is 0 Å². The van der Waals surface area contributed by atoms with Gasteiger partial charge in [0, 0.05) is 41.3 Å². The van der Waals surface area contributed by atoms with Crippen molar-refractivity contribution in [3.05, 3.63) is 51.1 Å². The highest BCUT2D eigenvalue weighted by Gasteiger charge is 2.22. The Labute approximate surface area is 196 Å². The third-order valence-corrected chi connectivity index (χ3v) is 6.80. The molecule has 4 aromatic heterocycles. The lowest BCUT2D eigenvalue weighted by molar-refractivity contribution is 0.419. The fourth-order valence-corrected chi connectivity index (χ4v) is 4.83. The van der Waals surface area contributed by atoms with Crippen molar-refractivity contribution in [2.45, 2.75) is 20.0 Å². The summed E-state index contributed by atoms with van der Waals surface area (Å²) in [5.74, 6) is -0.0821. The summed E-state index contributed by atoms with van der Waals surface area (Å²) in [4.78, 5) is 58.7. The topological polar surface area (TPSA) is 124 Å². The molecule has 0 aliphatic carbocycles. The molecule has 32 heavy (non-hydrogen) atoms. The first-order valence-corrected chi connectivity index (χ1v) is 11.2. The maximum Gasteiger partial charge on any atom is 0.332 e. The average Bonchev–Trinajstić information content (AvgIpc) is 3.25. The van der Waals surface area contributed by atoms with Gasteiger partial charge in [-0.1, -0.05) is 6.92 Å². The Kier molecular flexibility index (Phi) is 5.40. The van der Waals surface area contributed by atoms with Crippen LogP contribution in [-0.2, 0) is 41.3 Å². The number of nitrogens with zero attached hydrogens (tertiary/aromatic N) is 8. The lowest BCUT2D eigenvalue weighted by atomic mass is 10.2. The van der Waals surface area contributed by atoms with E-state index in [1.54, 1.807) is 23.2 Å². The number of hydrogen-bond acceptors (Lipinski definition) is 6. The van der Waals surface area contributed by atoms with Crippen LogP contribution in [0.3, 0.4) is 0 Å². The summed E-state index contributed by atoms with van der Waals surface area (Å²) in [5, 5.41) is 0. The number of halogens is 2. The summed E-state index contributed by atoms with van der Waals surface area (Å²) in [6.07, 6.45) is 0. The van der Waals surface area contributed by atoms with Crippen LogP contribution in [0.25, 0.3) is 22.3 Å². The molecule has 170 valence electrons. The van der Waals surface area contributed by atoms with Crippen LogP contribution in [0.5, 0.6) is 0 Å². The molecular weight excluding hydrogens is 552 g/mol. The fourth-order valence-electron chi connectivity index (χ4n) is 3.85. The van der Waals surface area contributed by atoms with Crippen molar-refractivity contribution in [1.29, 1.82) is 0 Å². The van der Waals surface area contributed by atoms with Crippen molar-refractivity contribution in [2.24, 2.45) is 34.1 Å². The van der Waals surface area contributed by atoms with E-state index in [9.17, 15) is 19.2 Å². The Morgan fingerprint density at radius 2 is 1.03 bits per heavy atom. The van der Waals surface area contributed by atoms with Crippen LogP contribution >= 0.6 is 31.9 Å². The summed E-state index contributed by atoms with van der Waals surface area (Å²) >= 11 is 6.79. The molecular formula is C18H20Br2N8O4. The highest BCUT2D eigenvalue weighted by molar-refractivity contribution is 9.10. The van der Waals surface area contributed by atoms with Gasteiger partial charge in [0.15, 0.2) is 31.8 Å². The third kappa shape index (κ3) is 3.15. The van der Waals surface area contributed by atoms with Crippen molar-refractivity contribution in [1.82, 2.24) is 37.4 Å². The van der Waals surface area contributed by atoms with Crippen LogP contribution in [0.4, 0.5) is 0 Å². The van der Waals surface area contributed by atoms with Gasteiger partial charge in [-0.15, -0.1) is 0 Å². The first-order valence-electron chi connectivity index (χ1n) is 9.59. The van der Waals surface area contributed by atoms with E-state index in [4.69, 9.17) is 0 Å². The van der Waals surface area contributed by atoms with E-state index in [2.05, 4.69) is 41.8 Å². The van der Waals surface area contributed by atoms with Crippen LogP contribution in [-0.4, -0.2) is 37.4 Å². The van der Waals surface area contributed by atoms with Gasteiger partial charge in [0.05, 0.1) is 0 Å². The molecule has 0 N–H and O–H groups in total. The highest BCUT2D eigenvalue weighted by Crippen LogP contribution is 2.22. The Balaban J connectivity index is 1.80. The lowest BCUT2D eigenvalue weighted by Gasteiger charge is -2.16. The summed E-state index contributed by atoms with van der Waals surface area (Å²) in [6, 6.07) is 0. The second kappa shape index (κ2) is 7.69. The van der Waals surface area contributed by atoms with Gasteiger partial charge in [-0.25, -0.2) is 19.6 Å². The van der Waals surface area contributed by atoms with Crippen LogP contribution in [0.15, 0.2) is 28.6 Å². The van der Waals surface area contributed by atoms with E-state index in [-0.39, 0.29) is 17.2 Å². The molecule has 0 radical (unpaired) electrons. The standard InChI is InChI=1S/C18H20Br2N8O4/c1-8(6-27-9-11(21-15(27)19)23(2)17(31)25(4)13(9)29)7-28-10-12(22-16(28)20)24(3)18(32)26(5)14(10)30/h8H,6-7H2,1-5H3. The van der Waals surface area contributed by atoms with Crippen LogP contribution < -0.4 is 22.5 Å². The zero-order valence-electron chi connectivity index (χ0n) is 18.0. The zero-order chi connectivity index (χ0) is 23.6. The molecule has 0 atom stereocenters. The second-order valence-electron chi connectivity index (χ2n) is 7.84. The molecule has 12 nitrogen and oxygen atoms in total. The quantitative estimate of drug-likeness (QED) is 0.319. The van der Waals surface area contributed by atoms with Crippen LogP contribution in [0.1, 0.15) is 6.92 Å². The SMILES string of the molecule is CC(Cn1c(Br)nc2c1c(=O)n(C)c(=O)n2C)Cn1c(Br)nc2c1c(=O)n(C)c(=O)n2C. The molecule has 0 aliphatic heterocycles. The minimum Gasteiger partial charge on any atom is -0.312 e. The van der Waals surface area contributed by atoms with E-state index < -0.39 is 22.5 Å². The van der Waals surface area contributed by atoms with Crippen molar-refractivity contribution in [3.8, 4) is 0 Å². The number of imidazole rings is 2. The zero-order valence-corrected chi connectivity index (χ0v) is 21.1. The summed E-state index contributed by atoms with van der Waals surface area (Å²) in [7, 11) is 5.97. The molecule has 0 aliphatic rings. The average molecular weight is 572 g/mol. The van der Waals surface area contributed by atoms with Gasteiger partial charge in [-0.2, -0.15) is 0 Å². The number of aromatic nitrogens is 8. The molecule has 0 fully saturated rings. The Bertz CT molecular complexity index is 1530. The molecule has 0 aromatic carbocycles. The molecule has 0 amide bonds. The first kappa shape index (κ1) is 22.5. The Morgan fingerprint density at radius 1 is 0.688 bits per heavy atom. The summed E-state index contributed by atoms with van der Waals surface area (Å²) in [6.45, 7) is 2.71. The van der Waals surface area contributed by atoms with E-state index in [0.717, 1.165) is 9.13 Å². The number of aryl methyl sites for hydroxylation is 2. The third-order valence-electron chi connectivity index (χ3n) is 5.59. The molecule has 0 saturated carbocycles. The Hall–Kier alpha value is -2.74. The lowest BCUT2D eigenvalue weighted by Crippen LogP contribution is -2.38. The minimum absolute atomic E-state index is 0.0821. The molecule has 4 heterocycles. The van der Waals surface area contributed by atoms with Gasteiger partial charge < -0.3 is 9.13 Å². The van der Waals surface area contributed by atoms with Gasteiger partial charge >= 0.3 is 11.4 Å². The Morgan fingerprint density at radius 3 is 1.38 bits per heavy atom. The smallest absolute Gasteiger partial charge is 0.312 e. The van der Waals surface area contributed by atoms with E-state index in [1.165, 1.54) is 23.2 Å². The molecule has 0 saturated heterocycles. The van der Waals surface area contributed by atoms with Gasteiger partial charge in [0.1, 0.15) is 0 Å². The molecule has 0 spiro atoms. The second-order valence-corrected chi connectivity index (χ2v) is 9.26. The van der Waals surface area contributed by atoms with Crippen LogP contribution in [0, 0.1) is 5.92 Å².